The third-order valence-electron chi connectivity index (χ3n) is 2.65. The fourth-order valence-corrected chi connectivity index (χ4v) is 2.27. The molecule has 19 heavy (non-hydrogen) atoms. The Kier molecular flexibility index (Phi) is 4.61. The Balaban J connectivity index is 1.93. The van der Waals surface area contributed by atoms with E-state index in [1.54, 1.807) is 29.1 Å². The Hall–Kier alpha value is -1.33. The summed E-state index contributed by atoms with van der Waals surface area (Å²) < 4.78 is 2.46. The summed E-state index contributed by atoms with van der Waals surface area (Å²) in [6.07, 6.45) is 4.46. The lowest BCUT2D eigenvalue weighted by Crippen LogP contribution is -2.25. The fraction of sp³-hybridized carbons (Fsp3) is 0.231. The lowest BCUT2D eigenvalue weighted by Gasteiger charge is -2.07. The van der Waals surface area contributed by atoms with Gasteiger partial charge in [0.2, 0.25) is 0 Å². The maximum absolute atomic E-state index is 12.0. The third kappa shape index (κ3) is 3.58. The zero-order valence-electron chi connectivity index (χ0n) is 10.4. The van der Waals surface area contributed by atoms with E-state index < -0.39 is 0 Å². The summed E-state index contributed by atoms with van der Waals surface area (Å²) in [5, 5.41) is 7.35. The highest BCUT2D eigenvalue weighted by molar-refractivity contribution is 9.10. The van der Waals surface area contributed by atoms with Crippen molar-refractivity contribution < 1.29 is 4.79 Å². The van der Waals surface area contributed by atoms with Crippen LogP contribution in [0.1, 0.15) is 15.9 Å². The molecule has 0 aliphatic carbocycles. The van der Waals surface area contributed by atoms with Crippen LogP contribution in [0.2, 0.25) is 5.02 Å². The molecule has 1 aromatic heterocycles. The van der Waals surface area contributed by atoms with Gasteiger partial charge >= 0.3 is 0 Å². The average Bonchev–Trinajstić information content (AvgIpc) is 2.78. The first-order valence-electron chi connectivity index (χ1n) is 5.77. The molecule has 0 fully saturated rings. The summed E-state index contributed by atoms with van der Waals surface area (Å²) in [6, 6.07) is 5.28. The molecule has 0 aliphatic heterocycles. The SMILES string of the molecule is Cn1cc(CCNC(=O)c2cccc(Br)c2Cl)cn1. The van der Waals surface area contributed by atoms with E-state index in [-0.39, 0.29) is 5.91 Å². The first-order valence-corrected chi connectivity index (χ1v) is 6.95. The predicted octanol–water partition coefficient (Wildman–Crippen LogP) is 2.81. The fourth-order valence-electron chi connectivity index (χ4n) is 1.70. The van der Waals surface area contributed by atoms with E-state index in [1.165, 1.54) is 0 Å². The molecular weight excluding hydrogens is 330 g/mol. The monoisotopic (exact) mass is 341 g/mol. The summed E-state index contributed by atoms with van der Waals surface area (Å²) in [6.45, 7) is 0.549. The van der Waals surface area contributed by atoms with Crippen LogP contribution in [0.15, 0.2) is 35.1 Å². The average molecular weight is 343 g/mol. The smallest absolute Gasteiger partial charge is 0.252 e. The molecule has 0 saturated heterocycles. The number of nitrogens with one attached hydrogen (secondary N) is 1. The number of aryl methyl sites for hydroxylation is 1. The van der Waals surface area contributed by atoms with Gasteiger partial charge in [-0.3, -0.25) is 9.48 Å². The minimum absolute atomic E-state index is 0.171. The van der Waals surface area contributed by atoms with Crippen molar-refractivity contribution in [3.8, 4) is 0 Å². The Morgan fingerprint density at radius 1 is 1.53 bits per heavy atom. The number of halogens is 2. The number of nitrogens with zero attached hydrogens (tertiary/aromatic N) is 2. The van der Waals surface area contributed by atoms with Gasteiger partial charge in [-0.15, -0.1) is 0 Å². The Bertz CT molecular complexity index is 597. The van der Waals surface area contributed by atoms with Crippen LogP contribution >= 0.6 is 27.5 Å². The number of carbonyl (C=O) groups is 1. The van der Waals surface area contributed by atoms with Gasteiger partial charge in [0, 0.05) is 24.3 Å². The molecule has 0 atom stereocenters. The van der Waals surface area contributed by atoms with E-state index in [0.717, 1.165) is 12.0 Å². The van der Waals surface area contributed by atoms with Gasteiger partial charge in [0.25, 0.3) is 5.91 Å². The maximum Gasteiger partial charge on any atom is 0.252 e. The molecule has 0 spiro atoms. The van der Waals surface area contributed by atoms with E-state index in [4.69, 9.17) is 11.6 Å². The van der Waals surface area contributed by atoms with Crippen LogP contribution in [-0.2, 0) is 13.5 Å². The van der Waals surface area contributed by atoms with Crippen molar-refractivity contribution in [1.29, 1.82) is 0 Å². The number of hydrogen-bond donors (Lipinski definition) is 1. The standard InChI is InChI=1S/C13H13BrClN3O/c1-18-8-9(7-17-18)5-6-16-13(19)10-3-2-4-11(14)12(10)15/h2-4,7-8H,5-6H2,1H3,(H,16,19). The minimum Gasteiger partial charge on any atom is -0.352 e. The number of carbonyl (C=O) groups excluding carboxylic acids is 1. The van der Waals surface area contributed by atoms with Crippen molar-refractivity contribution >= 4 is 33.4 Å². The molecule has 1 N–H and O–H groups in total. The number of amides is 1. The van der Waals surface area contributed by atoms with Crippen LogP contribution in [-0.4, -0.2) is 22.2 Å². The molecule has 0 radical (unpaired) electrons. The molecule has 2 aromatic rings. The van der Waals surface area contributed by atoms with E-state index >= 15 is 0 Å². The van der Waals surface area contributed by atoms with Crippen LogP contribution in [0.3, 0.4) is 0 Å². The van der Waals surface area contributed by atoms with Gasteiger partial charge in [-0.1, -0.05) is 17.7 Å². The summed E-state index contributed by atoms with van der Waals surface area (Å²) in [5.74, 6) is -0.171. The van der Waals surface area contributed by atoms with Crippen molar-refractivity contribution in [2.45, 2.75) is 6.42 Å². The molecule has 100 valence electrons. The van der Waals surface area contributed by atoms with Gasteiger partial charge in [-0.25, -0.2) is 0 Å². The van der Waals surface area contributed by atoms with Crippen LogP contribution in [0.4, 0.5) is 0 Å². The molecule has 2 rings (SSSR count). The summed E-state index contributed by atoms with van der Waals surface area (Å²) in [4.78, 5) is 12.0. The van der Waals surface area contributed by atoms with Gasteiger partial charge in [-0.2, -0.15) is 5.10 Å². The minimum atomic E-state index is -0.171. The van der Waals surface area contributed by atoms with Gasteiger partial charge in [0.15, 0.2) is 0 Å². The number of aromatic nitrogens is 2. The van der Waals surface area contributed by atoms with E-state index in [1.807, 2.05) is 13.2 Å². The Morgan fingerprint density at radius 2 is 2.32 bits per heavy atom. The van der Waals surface area contributed by atoms with Crippen LogP contribution in [0, 0.1) is 0 Å². The van der Waals surface area contributed by atoms with E-state index in [9.17, 15) is 4.79 Å². The first-order chi connectivity index (χ1) is 9.08. The second kappa shape index (κ2) is 6.21. The van der Waals surface area contributed by atoms with Crippen molar-refractivity contribution in [2.75, 3.05) is 6.54 Å². The first kappa shape index (κ1) is 14.1. The Labute approximate surface area is 124 Å². The molecule has 1 aromatic carbocycles. The zero-order valence-corrected chi connectivity index (χ0v) is 12.7. The van der Waals surface area contributed by atoms with Gasteiger partial charge in [0.1, 0.15) is 0 Å². The molecule has 0 saturated carbocycles. The molecule has 4 nitrogen and oxygen atoms in total. The van der Waals surface area contributed by atoms with Crippen LogP contribution < -0.4 is 5.32 Å². The van der Waals surface area contributed by atoms with Crippen LogP contribution in [0.5, 0.6) is 0 Å². The van der Waals surface area contributed by atoms with Gasteiger partial charge in [0.05, 0.1) is 16.8 Å². The predicted molar refractivity (Wildman–Crippen MR) is 78.4 cm³/mol. The second-order valence-electron chi connectivity index (χ2n) is 4.13. The molecule has 0 aliphatic rings. The quantitative estimate of drug-likeness (QED) is 0.929. The van der Waals surface area contributed by atoms with Crippen molar-refractivity contribution in [1.82, 2.24) is 15.1 Å². The van der Waals surface area contributed by atoms with E-state index in [0.29, 0.717) is 21.6 Å². The number of rotatable bonds is 4. The number of benzene rings is 1. The third-order valence-corrected chi connectivity index (χ3v) is 3.95. The largest absolute Gasteiger partial charge is 0.352 e. The van der Waals surface area contributed by atoms with Crippen LogP contribution in [0.25, 0.3) is 0 Å². The van der Waals surface area contributed by atoms with Crippen molar-refractivity contribution in [2.24, 2.45) is 7.05 Å². The topological polar surface area (TPSA) is 46.9 Å². The van der Waals surface area contributed by atoms with Gasteiger partial charge in [-0.05, 0) is 40.0 Å². The summed E-state index contributed by atoms with van der Waals surface area (Å²) in [5.41, 5.74) is 1.56. The van der Waals surface area contributed by atoms with Crippen molar-refractivity contribution in [3.05, 3.63) is 51.2 Å². The summed E-state index contributed by atoms with van der Waals surface area (Å²) >= 11 is 9.37. The zero-order chi connectivity index (χ0) is 13.8. The molecule has 1 amide bonds. The van der Waals surface area contributed by atoms with Gasteiger partial charge < -0.3 is 5.32 Å². The highest BCUT2D eigenvalue weighted by Crippen LogP contribution is 2.25. The van der Waals surface area contributed by atoms with Crippen molar-refractivity contribution in [3.63, 3.8) is 0 Å². The maximum atomic E-state index is 12.0. The highest BCUT2D eigenvalue weighted by atomic mass is 79.9. The lowest BCUT2D eigenvalue weighted by atomic mass is 10.2. The normalized spacial score (nSPS) is 10.5. The molecule has 6 heteroatoms. The molecule has 1 heterocycles. The Morgan fingerprint density at radius 3 is 3.00 bits per heavy atom. The second-order valence-corrected chi connectivity index (χ2v) is 5.36. The molecule has 0 bridgehead atoms. The highest BCUT2D eigenvalue weighted by Gasteiger charge is 2.11. The molecular formula is C13H13BrClN3O. The molecule has 0 unspecified atom stereocenters. The number of hydrogen-bond acceptors (Lipinski definition) is 2. The van der Waals surface area contributed by atoms with E-state index in [2.05, 4.69) is 26.3 Å². The summed E-state index contributed by atoms with van der Waals surface area (Å²) in [7, 11) is 1.86. The lowest BCUT2D eigenvalue weighted by molar-refractivity contribution is 0.0954.